The van der Waals surface area contributed by atoms with E-state index in [1.54, 1.807) is 13.8 Å². The summed E-state index contributed by atoms with van der Waals surface area (Å²) >= 11 is 0. The molecule has 0 aromatic carbocycles. The normalized spacial score (nSPS) is 20.9. The summed E-state index contributed by atoms with van der Waals surface area (Å²) in [6.45, 7) is 18.2. The van der Waals surface area contributed by atoms with Gasteiger partial charge in [0, 0.05) is 5.41 Å². The topological polar surface area (TPSA) is 0 Å². The maximum absolute atomic E-state index is 14.2. The molecular formula is C26H39F. The Labute approximate surface area is 167 Å². The van der Waals surface area contributed by atoms with Gasteiger partial charge in [-0.3, -0.25) is 0 Å². The monoisotopic (exact) mass is 370 g/mol. The highest BCUT2D eigenvalue weighted by Gasteiger charge is 2.35. The maximum Gasteiger partial charge on any atom is 0.110 e. The Kier molecular flexibility index (Phi) is 8.72. The molecule has 1 heteroatoms. The molecule has 0 radical (unpaired) electrons. The van der Waals surface area contributed by atoms with E-state index in [-0.39, 0.29) is 5.41 Å². The minimum atomic E-state index is -1.19. The smallest absolute Gasteiger partial charge is 0.110 e. The van der Waals surface area contributed by atoms with Crippen molar-refractivity contribution in [2.45, 2.75) is 79.8 Å². The van der Waals surface area contributed by atoms with Crippen LogP contribution in [0.1, 0.15) is 74.1 Å². The van der Waals surface area contributed by atoms with Crippen LogP contribution in [0.5, 0.6) is 0 Å². The van der Waals surface area contributed by atoms with Gasteiger partial charge in [-0.05, 0) is 67.7 Å². The summed E-state index contributed by atoms with van der Waals surface area (Å²) in [7, 11) is 0. The predicted octanol–water partition coefficient (Wildman–Crippen LogP) is 8.46. The largest absolute Gasteiger partial charge is 0.244 e. The molecule has 150 valence electrons. The number of halogens is 1. The minimum absolute atomic E-state index is 0.316. The van der Waals surface area contributed by atoms with Crippen molar-refractivity contribution in [1.29, 1.82) is 0 Å². The van der Waals surface area contributed by atoms with Gasteiger partial charge in [0.15, 0.2) is 0 Å². The second-order valence-corrected chi connectivity index (χ2v) is 8.75. The number of rotatable bonds is 8. The second kappa shape index (κ2) is 10.1. The summed E-state index contributed by atoms with van der Waals surface area (Å²) in [6.07, 6.45) is 19.1. The van der Waals surface area contributed by atoms with Gasteiger partial charge in [0.2, 0.25) is 0 Å². The van der Waals surface area contributed by atoms with Crippen LogP contribution in [0.4, 0.5) is 4.39 Å². The third kappa shape index (κ3) is 6.79. The fourth-order valence-electron chi connectivity index (χ4n) is 3.11. The predicted molar refractivity (Wildman–Crippen MR) is 120 cm³/mol. The van der Waals surface area contributed by atoms with Gasteiger partial charge in [-0.15, -0.1) is 0 Å². The van der Waals surface area contributed by atoms with Crippen molar-refractivity contribution in [1.82, 2.24) is 0 Å². The van der Waals surface area contributed by atoms with Crippen LogP contribution in [0.3, 0.4) is 0 Å². The second-order valence-electron chi connectivity index (χ2n) is 8.75. The zero-order valence-electron chi connectivity index (χ0n) is 18.5. The number of hydrogen-bond donors (Lipinski definition) is 0. The van der Waals surface area contributed by atoms with E-state index >= 15 is 0 Å². The van der Waals surface area contributed by atoms with E-state index in [1.807, 2.05) is 19.9 Å². The van der Waals surface area contributed by atoms with Crippen LogP contribution >= 0.6 is 0 Å². The van der Waals surface area contributed by atoms with Crippen LogP contribution in [-0.2, 0) is 0 Å². The Bertz CT molecular complexity index is 657. The van der Waals surface area contributed by atoms with Crippen LogP contribution in [0, 0.1) is 11.3 Å². The molecule has 0 aromatic heterocycles. The van der Waals surface area contributed by atoms with Crippen molar-refractivity contribution in [2.24, 2.45) is 11.3 Å². The Hall–Kier alpha value is -1.63. The first kappa shape index (κ1) is 23.4. The van der Waals surface area contributed by atoms with Gasteiger partial charge < -0.3 is 0 Å². The first-order chi connectivity index (χ1) is 12.5. The molecule has 0 heterocycles. The average molecular weight is 371 g/mol. The van der Waals surface area contributed by atoms with Gasteiger partial charge in [0.1, 0.15) is 5.67 Å². The molecule has 1 aliphatic carbocycles. The van der Waals surface area contributed by atoms with E-state index in [9.17, 15) is 4.39 Å². The van der Waals surface area contributed by atoms with E-state index in [2.05, 4.69) is 63.8 Å². The summed E-state index contributed by atoms with van der Waals surface area (Å²) in [5, 5.41) is 0. The average Bonchev–Trinajstić information content (AvgIpc) is 2.56. The quantitative estimate of drug-likeness (QED) is 0.376. The summed E-state index contributed by atoms with van der Waals surface area (Å²) in [5.41, 5.74) is 3.72. The lowest BCUT2D eigenvalue weighted by Gasteiger charge is -2.34. The third-order valence-electron chi connectivity index (χ3n) is 5.74. The zero-order chi connectivity index (χ0) is 20.7. The number of hydrogen-bond acceptors (Lipinski definition) is 0. The minimum Gasteiger partial charge on any atom is -0.244 e. The lowest BCUT2D eigenvalue weighted by atomic mass is 9.76. The molecule has 1 unspecified atom stereocenters. The summed E-state index contributed by atoms with van der Waals surface area (Å²) in [6, 6.07) is 0. The van der Waals surface area contributed by atoms with Gasteiger partial charge in [0.05, 0.1) is 0 Å². The van der Waals surface area contributed by atoms with Crippen molar-refractivity contribution in [2.75, 3.05) is 0 Å². The maximum atomic E-state index is 14.2. The Morgan fingerprint density at radius 1 is 1.11 bits per heavy atom. The van der Waals surface area contributed by atoms with Gasteiger partial charge in [-0.2, -0.15) is 0 Å². The SMILES string of the molecule is C=C1CC(=C/CC)/C(=C\CC)C=C1C(C)/C=C\C=C/CC(C)(C)C(C)(C)F. The van der Waals surface area contributed by atoms with Crippen molar-refractivity contribution < 1.29 is 4.39 Å². The van der Waals surface area contributed by atoms with E-state index in [0.29, 0.717) is 5.92 Å². The molecule has 0 nitrogen and oxygen atoms in total. The molecule has 1 rings (SSSR count). The lowest BCUT2D eigenvalue weighted by Crippen LogP contribution is -2.34. The van der Waals surface area contributed by atoms with Crippen molar-refractivity contribution in [3.8, 4) is 0 Å². The summed E-state index contributed by atoms with van der Waals surface area (Å²) in [4.78, 5) is 0. The molecule has 27 heavy (non-hydrogen) atoms. The molecule has 0 aromatic rings. The third-order valence-corrected chi connectivity index (χ3v) is 5.74. The molecule has 0 saturated heterocycles. The Balaban J connectivity index is 2.85. The van der Waals surface area contributed by atoms with E-state index in [1.165, 1.54) is 22.3 Å². The molecule has 0 amide bonds. The van der Waals surface area contributed by atoms with Crippen LogP contribution in [0.25, 0.3) is 0 Å². The molecule has 0 bridgehead atoms. The first-order valence-corrected chi connectivity index (χ1v) is 10.3. The van der Waals surface area contributed by atoms with E-state index in [0.717, 1.165) is 25.7 Å². The Morgan fingerprint density at radius 2 is 1.74 bits per heavy atom. The van der Waals surface area contributed by atoms with Crippen molar-refractivity contribution in [3.05, 3.63) is 71.4 Å². The molecule has 0 aliphatic heterocycles. The van der Waals surface area contributed by atoms with Crippen LogP contribution in [0.15, 0.2) is 71.4 Å². The first-order valence-electron chi connectivity index (χ1n) is 10.3. The zero-order valence-corrected chi connectivity index (χ0v) is 18.5. The fourth-order valence-corrected chi connectivity index (χ4v) is 3.11. The number of allylic oxidation sites excluding steroid dienone is 11. The highest BCUT2D eigenvalue weighted by Crippen LogP contribution is 2.37. The van der Waals surface area contributed by atoms with Gasteiger partial charge >= 0.3 is 0 Å². The standard InChI is InChI=1S/C26H39F/c1-9-14-22-18-21(4)24(19-23(22)15-10-2)20(3)16-12-11-13-17-25(5,6)26(7,8)27/h11-16,19-20H,4,9-10,17-18H2,1-3,5-8H3/b13-11-,16-12-,22-14-,23-15-. The molecule has 0 saturated carbocycles. The van der Waals surface area contributed by atoms with Gasteiger partial charge in [0.25, 0.3) is 0 Å². The molecule has 1 aliphatic rings. The molecular weight excluding hydrogens is 331 g/mol. The highest BCUT2D eigenvalue weighted by atomic mass is 19.1. The van der Waals surface area contributed by atoms with Gasteiger partial charge in [-0.25, -0.2) is 4.39 Å². The lowest BCUT2D eigenvalue weighted by molar-refractivity contribution is 0.0551. The fraction of sp³-hybridized carbons (Fsp3) is 0.538. The van der Waals surface area contributed by atoms with Crippen LogP contribution in [-0.4, -0.2) is 5.67 Å². The Morgan fingerprint density at radius 3 is 2.30 bits per heavy atom. The van der Waals surface area contributed by atoms with Crippen LogP contribution < -0.4 is 0 Å². The number of alkyl halides is 1. The van der Waals surface area contributed by atoms with Crippen molar-refractivity contribution in [3.63, 3.8) is 0 Å². The van der Waals surface area contributed by atoms with Gasteiger partial charge in [-0.1, -0.05) is 83.7 Å². The van der Waals surface area contributed by atoms with Crippen molar-refractivity contribution >= 4 is 0 Å². The molecule has 1 atom stereocenters. The molecule has 0 N–H and O–H groups in total. The summed E-state index contributed by atoms with van der Waals surface area (Å²) in [5.74, 6) is 0.316. The van der Waals surface area contributed by atoms with E-state index in [4.69, 9.17) is 0 Å². The van der Waals surface area contributed by atoms with E-state index < -0.39 is 5.67 Å². The molecule has 0 fully saturated rings. The molecule has 0 spiro atoms. The highest BCUT2D eigenvalue weighted by molar-refractivity contribution is 5.54. The van der Waals surface area contributed by atoms with Crippen LogP contribution in [0.2, 0.25) is 0 Å². The summed E-state index contributed by atoms with van der Waals surface area (Å²) < 4.78 is 14.2.